The molecular weight excluding hydrogens is 366 g/mol. The van der Waals surface area contributed by atoms with Gasteiger partial charge in [-0.05, 0) is 31.2 Å². The first kappa shape index (κ1) is 17.0. The molecule has 22 heavy (non-hydrogen) atoms. The van der Waals surface area contributed by atoms with E-state index >= 15 is 0 Å². The molecule has 2 aromatic rings. The molecule has 0 fully saturated rings. The molecule has 0 aliphatic heterocycles. The SMILES string of the molecule is COc1ccccc1C(C)N(C)S(=O)(=O)c1cccc(Br)c1. The lowest BCUT2D eigenvalue weighted by Gasteiger charge is -2.26. The first-order valence-corrected chi connectivity index (χ1v) is 8.97. The number of sulfonamides is 1. The molecular formula is C16H18BrNO3S. The van der Waals surface area contributed by atoms with Crippen LogP contribution in [0.4, 0.5) is 0 Å². The molecule has 1 unspecified atom stereocenters. The Hall–Kier alpha value is -1.37. The van der Waals surface area contributed by atoms with E-state index in [-0.39, 0.29) is 10.9 Å². The summed E-state index contributed by atoms with van der Waals surface area (Å²) >= 11 is 3.31. The van der Waals surface area contributed by atoms with Gasteiger partial charge in [-0.3, -0.25) is 0 Å². The first-order valence-electron chi connectivity index (χ1n) is 6.74. The second kappa shape index (κ2) is 6.81. The van der Waals surface area contributed by atoms with Gasteiger partial charge in [0.25, 0.3) is 0 Å². The van der Waals surface area contributed by atoms with E-state index in [1.807, 2.05) is 31.2 Å². The van der Waals surface area contributed by atoms with Crippen molar-refractivity contribution in [1.82, 2.24) is 4.31 Å². The Morgan fingerprint density at radius 2 is 1.82 bits per heavy atom. The first-order chi connectivity index (χ1) is 10.4. The summed E-state index contributed by atoms with van der Waals surface area (Å²) in [7, 11) is -0.432. The third-order valence-electron chi connectivity index (χ3n) is 3.61. The van der Waals surface area contributed by atoms with E-state index in [0.29, 0.717) is 5.75 Å². The number of nitrogens with zero attached hydrogens (tertiary/aromatic N) is 1. The van der Waals surface area contributed by atoms with E-state index in [4.69, 9.17) is 4.74 Å². The summed E-state index contributed by atoms with van der Waals surface area (Å²) in [5.41, 5.74) is 0.825. The number of halogens is 1. The van der Waals surface area contributed by atoms with Gasteiger partial charge in [0, 0.05) is 17.1 Å². The van der Waals surface area contributed by atoms with Gasteiger partial charge in [-0.25, -0.2) is 8.42 Å². The average molecular weight is 384 g/mol. The van der Waals surface area contributed by atoms with Gasteiger partial charge in [-0.1, -0.05) is 40.2 Å². The fourth-order valence-corrected chi connectivity index (χ4v) is 4.15. The quantitative estimate of drug-likeness (QED) is 0.787. The topological polar surface area (TPSA) is 46.6 Å². The second-order valence-electron chi connectivity index (χ2n) is 4.90. The van der Waals surface area contributed by atoms with Crippen LogP contribution in [-0.4, -0.2) is 26.9 Å². The van der Waals surface area contributed by atoms with Crippen LogP contribution >= 0.6 is 15.9 Å². The second-order valence-corrected chi connectivity index (χ2v) is 7.81. The van der Waals surface area contributed by atoms with Gasteiger partial charge in [0.1, 0.15) is 5.75 Å². The van der Waals surface area contributed by atoms with E-state index in [1.165, 1.54) is 4.31 Å². The van der Waals surface area contributed by atoms with Gasteiger partial charge in [0.2, 0.25) is 10.0 Å². The molecule has 2 aromatic carbocycles. The van der Waals surface area contributed by atoms with E-state index in [9.17, 15) is 8.42 Å². The molecule has 0 saturated heterocycles. The minimum atomic E-state index is -3.59. The number of para-hydroxylation sites is 1. The number of hydrogen-bond donors (Lipinski definition) is 0. The molecule has 118 valence electrons. The minimum absolute atomic E-state index is 0.256. The van der Waals surface area contributed by atoms with Crippen LogP contribution < -0.4 is 4.74 Å². The Morgan fingerprint density at radius 3 is 2.45 bits per heavy atom. The van der Waals surface area contributed by atoms with Crippen LogP contribution in [0.2, 0.25) is 0 Å². The van der Waals surface area contributed by atoms with Crippen LogP contribution in [0.1, 0.15) is 18.5 Å². The summed E-state index contributed by atoms with van der Waals surface area (Å²) < 4.78 is 32.9. The van der Waals surface area contributed by atoms with Crippen molar-refractivity contribution in [1.29, 1.82) is 0 Å². The molecule has 1 atom stereocenters. The summed E-state index contributed by atoms with van der Waals surface area (Å²) in [5.74, 6) is 0.672. The molecule has 0 amide bonds. The molecule has 0 aliphatic rings. The van der Waals surface area contributed by atoms with Crippen molar-refractivity contribution in [2.45, 2.75) is 17.9 Å². The predicted octanol–water partition coefficient (Wildman–Crippen LogP) is 3.84. The lowest BCUT2D eigenvalue weighted by Crippen LogP contribution is -2.30. The van der Waals surface area contributed by atoms with Crippen LogP contribution in [0, 0.1) is 0 Å². The largest absolute Gasteiger partial charge is 0.496 e. The maximum atomic E-state index is 12.8. The Balaban J connectivity index is 2.40. The van der Waals surface area contributed by atoms with Crippen molar-refractivity contribution in [3.05, 3.63) is 58.6 Å². The molecule has 2 rings (SSSR count). The van der Waals surface area contributed by atoms with Crippen LogP contribution in [0.25, 0.3) is 0 Å². The third-order valence-corrected chi connectivity index (χ3v) is 6.02. The van der Waals surface area contributed by atoms with Gasteiger partial charge in [-0.15, -0.1) is 0 Å². The van der Waals surface area contributed by atoms with E-state index < -0.39 is 10.0 Å². The number of ether oxygens (including phenoxy) is 1. The third kappa shape index (κ3) is 3.34. The number of benzene rings is 2. The Bertz CT molecular complexity index is 761. The van der Waals surface area contributed by atoms with Crippen molar-refractivity contribution in [2.75, 3.05) is 14.2 Å². The highest BCUT2D eigenvalue weighted by molar-refractivity contribution is 9.10. The van der Waals surface area contributed by atoms with E-state index in [2.05, 4.69) is 15.9 Å². The Labute approximate surface area is 139 Å². The van der Waals surface area contributed by atoms with Gasteiger partial charge < -0.3 is 4.74 Å². The summed E-state index contributed by atoms with van der Waals surface area (Å²) in [5, 5.41) is 0. The molecule has 4 nitrogen and oxygen atoms in total. The van der Waals surface area contributed by atoms with Crippen molar-refractivity contribution >= 4 is 26.0 Å². The zero-order valence-electron chi connectivity index (χ0n) is 12.7. The van der Waals surface area contributed by atoms with Crippen molar-refractivity contribution < 1.29 is 13.2 Å². The number of methoxy groups -OCH3 is 1. The normalized spacial score (nSPS) is 13.1. The zero-order chi connectivity index (χ0) is 16.3. The summed E-state index contributed by atoms with van der Waals surface area (Å²) in [4.78, 5) is 0.256. The molecule has 0 saturated carbocycles. The highest BCUT2D eigenvalue weighted by atomic mass is 79.9. The van der Waals surface area contributed by atoms with Gasteiger partial charge in [-0.2, -0.15) is 4.31 Å². The minimum Gasteiger partial charge on any atom is -0.496 e. The fraction of sp³-hybridized carbons (Fsp3) is 0.250. The maximum Gasteiger partial charge on any atom is 0.243 e. The van der Waals surface area contributed by atoms with Crippen LogP contribution in [-0.2, 0) is 10.0 Å². The Morgan fingerprint density at radius 1 is 1.14 bits per heavy atom. The lowest BCUT2D eigenvalue weighted by atomic mass is 10.1. The monoisotopic (exact) mass is 383 g/mol. The van der Waals surface area contributed by atoms with Gasteiger partial charge >= 0.3 is 0 Å². The summed E-state index contributed by atoms with van der Waals surface area (Å²) in [6.45, 7) is 1.84. The molecule has 0 bridgehead atoms. The standard InChI is InChI=1S/C16H18BrNO3S/c1-12(15-9-4-5-10-16(15)21-3)18(2)22(19,20)14-8-6-7-13(17)11-14/h4-12H,1-3H3. The average Bonchev–Trinajstić information content (AvgIpc) is 2.53. The highest BCUT2D eigenvalue weighted by Gasteiger charge is 2.27. The predicted molar refractivity (Wildman–Crippen MR) is 90.5 cm³/mol. The van der Waals surface area contributed by atoms with Crippen molar-refractivity contribution in [2.24, 2.45) is 0 Å². The van der Waals surface area contributed by atoms with Crippen LogP contribution in [0.3, 0.4) is 0 Å². The molecule has 6 heteroatoms. The Kier molecular flexibility index (Phi) is 5.26. The smallest absolute Gasteiger partial charge is 0.243 e. The van der Waals surface area contributed by atoms with Gasteiger partial charge in [0.15, 0.2) is 0 Å². The summed E-state index contributed by atoms with van der Waals surface area (Å²) in [6, 6.07) is 13.8. The number of hydrogen-bond acceptors (Lipinski definition) is 3. The molecule has 0 spiro atoms. The highest BCUT2D eigenvalue weighted by Crippen LogP contribution is 2.31. The lowest BCUT2D eigenvalue weighted by molar-refractivity contribution is 0.367. The van der Waals surface area contributed by atoms with Crippen molar-refractivity contribution in [3.63, 3.8) is 0 Å². The van der Waals surface area contributed by atoms with E-state index in [0.717, 1.165) is 10.0 Å². The molecule has 0 radical (unpaired) electrons. The number of rotatable bonds is 5. The molecule has 0 N–H and O–H groups in total. The molecule has 0 aromatic heterocycles. The van der Waals surface area contributed by atoms with E-state index in [1.54, 1.807) is 38.4 Å². The fourth-order valence-electron chi connectivity index (χ4n) is 2.21. The molecule has 0 aliphatic carbocycles. The van der Waals surface area contributed by atoms with Gasteiger partial charge in [0.05, 0.1) is 18.0 Å². The van der Waals surface area contributed by atoms with Crippen LogP contribution in [0.5, 0.6) is 5.75 Å². The van der Waals surface area contributed by atoms with Crippen LogP contribution in [0.15, 0.2) is 57.9 Å². The summed E-state index contributed by atoms with van der Waals surface area (Å²) in [6.07, 6.45) is 0. The maximum absolute atomic E-state index is 12.8. The zero-order valence-corrected chi connectivity index (χ0v) is 15.1. The van der Waals surface area contributed by atoms with Crippen molar-refractivity contribution in [3.8, 4) is 5.75 Å². The molecule has 0 heterocycles.